The van der Waals surface area contributed by atoms with Crippen molar-refractivity contribution >= 4 is 17.9 Å². The molecule has 0 saturated carbocycles. The van der Waals surface area contributed by atoms with E-state index in [2.05, 4.69) is 5.32 Å². The number of rotatable bonds is 1. The minimum absolute atomic E-state index is 0.142. The quantitative estimate of drug-likeness (QED) is 0.715. The van der Waals surface area contributed by atoms with Gasteiger partial charge >= 0.3 is 12.0 Å². The monoisotopic (exact) mass is 283 g/mol. The summed E-state index contributed by atoms with van der Waals surface area (Å²) >= 11 is 0. The molecule has 0 spiro atoms. The van der Waals surface area contributed by atoms with Gasteiger partial charge in [-0.05, 0) is 26.7 Å². The van der Waals surface area contributed by atoms with Gasteiger partial charge in [0, 0.05) is 26.2 Å². The van der Waals surface area contributed by atoms with Crippen molar-refractivity contribution in [2.75, 3.05) is 26.2 Å². The van der Waals surface area contributed by atoms with E-state index in [1.807, 2.05) is 0 Å². The van der Waals surface area contributed by atoms with E-state index in [1.165, 1.54) is 0 Å². The van der Waals surface area contributed by atoms with Gasteiger partial charge in [0.1, 0.15) is 6.04 Å². The lowest BCUT2D eigenvalue weighted by molar-refractivity contribution is -0.150. The van der Waals surface area contributed by atoms with E-state index in [1.54, 1.807) is 23.6 Å². The smallest absolute Gasteiger partial charge is 0.320 e. The summed E-state index contributed by atoms with van der Waals surface area (Å²) in [5.74, 6) is -0.952. The van der Waals surface area contributed by atoms with Gasteiger partial charge in [-0.3, -0.25) is 9.59 Å². The van der Waals surface area contributed by atoms with Crippen molar-refractivity contribution in [1.29, 1.82) is 0 Å². The highest BCUT2D eigenvalue weighted by molar-refractivity contribution is 5.88. The van der Waals surface area contributed by atoms with Crippen LogP contribution in [0.1, 0.15) is 26.7 Å². The van der Waals surface area contributed by atoms with Crippen molar-refractivity contribution < 1.29 is 19.5 Å². The van der Waals surface area contributed by atoms with E-state index >= 15 is 0 Å². The normalized spacial score (nSPS) is 26.1. The number of nitrogens with one attached hydrogen (secondary N) is 1. The molecule has 2 rings (SSSR count). The maximum Gasteiger partial charge on any atom is 0.320 e. The van der Waals surface area contributed by atoms with Crippen LogP contribution in [0.15, 0.2) is 0 Å². The predicted octanol–water partition coefficient (Wildman–Crippen LogP) is 0.113. The molecule has 2 aliphatic rings. The number of piperidine rings is 1. The number of nitrogens with zero attached hydrogens (tertiary/aromatic N) is 2. The lowest BCUT2D eigenvalue weighted by Gasteiger charge is -2.41. The van der Waals surface area contributed by atoms with E-state index in [4.69, 9.17) is 0 Å². The van der Waals surface area contributed by atoms with Gasteiger partial charge in [-0.15, -0.1) is 0 Å². The number of carboxylic acid groups (broad SMARTS) is 1. The summed E-state index contributed by atoms with van der Waals surface area (Å²) in [6.07, 6.45) is 0.894. The third-order valence-electron chi connectivity index (χ3n) is 4.40. The molecular formula is C13H21N3O4. The highest BCUT2D eigenvalue weighted by Gasteiger charge is 2.40. The average Bonchev–Trinajstić information content (AvgIpc) is 2.42. The van der Waals surface area contributed by atoms with Crippen LogP contribution in [0.25, 0.3) is 0 Å². The molecular weight excluding hydrogens is 262 g/mol. The lowest BCUT2D eigenvalue weighted by Crippen LogP contribution is -2.60. The Kier molecular flexibility index (Phi) is 3.87. The van der Waals surface area contributed by atoms with Crippen molar-refractivity contribution in [1.82, 2.24) is 15.1 Å². The van der Waals surface area contributed by atoms with Gasteiger partial charge < -0.3 is 20.2 Å². The first-order valence-corrected chi connectivity index (χ1v) is 6.92. The SMILES string of the molecule is CC1C(=O)NCCN1C(=O)N1CCC(C)(C(=O)O)CC1. The van der Waals surface area contributed by atoms with Gasteiger partial charge in [0.2, 0.25) is 5.91 Å². The molecule has 2 N–H and O–H groups in total. The molecule has 1 unspecified atom stereocenters. The summed E-state index contributed by atoms with van der Waals surface area (Å²) in [7, 11) is 0. The molecule has 2 saturated heterocycles. The Balaban J connectivity index is 1.98. The number of hydrogen-bond acceptors (Lipinski definition) is 3. The van der Waals surface area contributed by atoms with E-state index in [0.717, 1.165) is 0 Å². The minimum Gasteiger partial charge on any atom is -0.481 e. The van der Waals surface area contributed by atoms with E-state index in [0.29, 0.717) is 39.0 Å². The second-order valence-electron chi connectivity index (χ2n) is 5.80. The van der Waals surface area contributed by atoms with Crippen LogP contribution in [-0.2, 0) is 9.59 Å². The van der Waals surface area contributed by atoms with Crippen molar-refractivity contribution in [2.45, 2.75) is 32.7 Å². The molecule has 112 valence electrons. The number of hydrogen-bond donors (Lipinski definition) is 2. The van der Waals surface area contributed by atoms with Gasteiger partial charge in [-0.25, -0.2) is 4.79 Å². The van der Waals surface area contributed by atoms with Gasteiger partial charge in [0.15, 0.2) is 0 Å². The summed E-state index contributed by atoms with van der Waals surface area (Å²) in [5, 5.41) is 11.9. The molecule has 2 heterocycles. The van der Waals surface area contributed by atoms with Crippen LogP contribution in [0.4, 0.5) is 4.79 Å². The van der Waals surface area contributed by atoms with E-state index < -0.39 is 17.4 Å². The maximum absolute atomic E-state index is 12.4. The second kappa shape index (κ2) is 5.30. The largest absolute Gasteiger partial charge is 0.481 e. The Labute approximate surface area is 117 Å². The third kappa shape index (κ3) is 2.57. The van der Waals surface area contributed by atoms with Gasteiger partial charge in [0.25, 0.3) is 0 Å². The van der Waals surface area contributed by atoms with Crippen LogP contribution in [-0.4, -0.2) is 65.0 Å². The molecule has 0 aromatic carbocycles. The minimum atomic E-state index is -0.810. The van der Waals surface area contributed by atoms with Gasteiger partial charge in [-0.2, -0.15) is 0 Å². The molecule has 0 aromatic heterocycles. The topological polar surface area (TPSA) is 90.0 Å². The molecule has 20 heavy (non-hydrogen) atoms. The molecule has 0 aliphatic carbocycles. The molecule has 2 aliphatic heterocycles. The summed E-state index contributed by atoms with van der Waals surface area (Å²) in [6.45, 7) is 5.23. The Bertz CT molecular complexity index is 429. The zero-order valence-electron chi connectivity index (χ0n) is 11.9. The highest BCUT2D eigenvalue weighted by atomic mass is 16.4. The Morgan fingerprint density at radius 1 is 1.30 bits per heavy atom. The second-order valence-corrected chi connectivity index (χ2v) is 5.80. The number of likely N-dealkylation sites (tertiary alicyclic amines) is 1. The average molecular weight is 283 g/mol. The Hall–Kier alpha value is -1.79. The molecule has 0 aromatic rings. The van der Waals surface area contributed by atoms with Gasteiger partial charge in [0.05, 0.1) is 5.41 Å². The number of urea groups is 1. The number of amides is 3. The summed E-state index contributed by atoms with van der Waals surface area (Å²) < 4.78 is 0. The fourth-order valence-electron chi connectivity index (χ4n) is 2.63. The predicted molar refractivity (Wildman–Crippen MR) is 71.1 cm³/mol. The standard InChI is InChI=1S/C13H21N3O4/c1-9-10(17)14-5-8-16(9)12(20)15-6-3-13(2,4-7-15)11(18)19/h9H,3-8H2,1-2H3,(H,14,17)(H,18,19). The zero-order chi connectivity index (χ0) is 14.9. The van der Waals surface area contributed by atoms with E-state index in [-0.39, 0.29) is 11.9 Å². The summed E-state index contributed by atoms with van der Waals surface area (Å²) in [4.78, 5) is 38.4. The first kappa shape index (κ1) is 14.6. The Morgan fingerprint density at radius 2 is 1.90 bits per heavy atom. The molecule has 2 fully saturated rings. The number of piperazine rings is 1. The van der Waals surface area contributed by atoms with Crippen LogP contribution in [0, 0.1) is 5.41 Å². The molecule has 7 heteroatoms. The maximum atomic E-state index is 12.4. The molecule has 3 amide bonds. The van der Waals surface area contributed by atoms with Crippen LogP contribution in [0.5, 0.6) is 0 Å². The van der Waals surface area contributed by atoms with Gasteiger partial charge in [-0.1, -0.05) is 0 Å². The highest BCUT2D eigenvalue weighted by Crippen LogP contribution is 2.31. The lowest BCUT2D eigenvalue weighted by atomic mass is 9.80. The first-order chi connectivity index (χ1) is 9.35. The zero-order valence-corrected chi connectivity index (χ0v) is 11.9. The number of aliphatic carboxylic acids is 1. The first-order valence-electron chi connectivity index (χ1n) is 6.92. The van der Waals surface area contributed by atoms with Crippen LogP contribution < -0.4 is 5.32 Å². The summed E-state index contributed by atoms with van der Waals surface area (Å²) in [5.41, 5.74) is -0.748. The fourth-order valence-corrected chi connectivity index (χ4v) is 2.63. The number of carbonyl (C=O) groups is 3. The van der Waals surface area contributed by atoms with Crippen molar-refractivity contribution in [2.24, 2.45) is 5.41 Å². The molecule has 0 bridgehead atoms. The fraction of sp³-hybridized carbons (Fsp3) is 0.769. The molecule has 1 atom stereocenters. The number of carboxylic acids is 1. The van der Waals surface area contributed by atoms with Crippen molar-refractivity contribution in [3.05, 3.63) is 0 Å². The Morgan fingerprint density at radius 3 is 2.45 bits per heavy atom. The van der Waals surface area contributed by atoms with Crippen LogP contribution in [0.2, 0.25) is 0 Å². The van der Waals surface area contributed by atoms with Crippen LogP contribution in [0.3, 0.4) is 0 Å². The van der Waals surface area contributed by atoms with Crippen molar-refractivity contribution in [3.63, 3.8) is 0 Å². The number of carbonyl (C=O) groups excluding carboxylic acids is 2. The van der Waals surface area contributed by atoms with Crippen molar-refractivity contribution in [3.8, 4) is 0 Å². The molecule has 0 radical (unpaired) electrons. The summed E-state index contributed by atoms with van der Waals surface area (Å²) in [6, 6.07) is -0.635. The van der Waals surface area contributed by atoms with E-state index in [9.17, 15) is 19.5 Å². The molecule has 7 nitrogen and oxygen atoms in total. The van der Waals surface area contributed by atoms with Crippen LogP contribution >= 0.6 is 0 Å². The third-order valence-corrected chi connectivity index (χ3v) is 4.40.